The van der Waals surface area contributed by atoms with Crippen molar-refractivity contribution in [1.82, 2.24) is 31.9 Å². The topological polar surface area (TPSA) is 342 Å². The van der Waals surface area contributed by atoms with Crippen LogP contribution in [0.1, 0.15) is 52.5 Å². The molecule has 0 aromatic heterocycles. The van der Waals surface area contributed by atoms with Gasteiger partial charge in [0.05, 0.1) is 25.4 Å². The summed E-state index contributed by atoms with van der Waals surface area (Å²) < 4.78 is 0. The number of amides is 7. The Hall–Kier alpha value is -5.18. The van der Waals surface area contributed by atoms with Crippen LogP contribution in [0.25, 0.3) is 0 Å². The van der Waals surface area contributed by atoms with Crippen LogP contribution in [0.3, 0.4) is 0 Å². The molecule has 0 radical (unpaired) electrons. The molecule has 0 unspecified atom stereocenters. The van der Waals surface area contributed by atoms with Gasteiger partial charge < -0.3 is 63.8 Å². The molecule has 1 rings (SSSR count). The minimum atomic E-state index is -1.74. The van der Waals surface area contributed by atoms with E-state index in [4.69, 9.17) is 21.7 Å². The Morgan fingerprint density at radius 3 is 1.68 bits per heavy atom. The normalized spacial score (nSPS) is 15.6. The Morgan fingerprint density at radius 2 is 1.17 bits per heavy atom. The zero-order chi connectivity index (χ0) is 40.4. The largest absolute Gasteiger partial charge is 0.480 e. The van der Waals surface area contributed by atoms with Crippen molar-refractivity contribution in [3.8, 4) is 0 Å². The van der Waals surface area contributed by atoms with E-state index in [1.807, 2.05) is 5.32 Å². The molecule has 0 saturated heterocycles. The van der Waals surface area contributed by atoms with Gasteiger partial charge in [-0.05, 0) is 38.2 Å². The van der Waals surface area contributed by atoms with E-state index in [-0.39, 0.29) is 31.6 Å². The SMILES string of the molecule is CC(C)C[C@H](NC(=O)[C@@H](N)CCC(N)=O)C(=O)N[C@@H](Cc1ccccc1)C(=O)N[C@H](C(=O)N[C@@H](CO)C(=O)N[C@@H](C)C(=O)N[C@@H](CO)C(=O)O)[C@@H](C)O. The first-order valence-electron chi connectivity index (χ1n) is 16.8. The number of nitrogens with one attached hydrogen (secondary N) is 6. The summed E-state index contributed by atoms with van der Waals surface area (Å²) in [4.78, 5) is 101. The van der Waals surface area contributed by atoms with Gasteiger partial charge in [-0.3, -0.25) is 33.6 Å². The Bertz CT molecular complexity index is 1430. The smallest absolute Gasteiger partial charge is 0.328 e. The van der Waals surface area contributed by atoms with Crippen LogP contribution < -0.4 is 43.4 Å². The molecular weight excluding hydrogens is 700 g/mol. The predicted molar refractivity (Wildman–Crippen MR) is 187 cm³/mol. The van der Waals surface area contributed by atoms with Crippen molar-refractivity contribution in [2.24, 2.45) is 17.4 Å². The standard InChI is InChI=1S/C33H52N8O12/c1-16(2)12-21(37-28(47)20(34)10-11-25(35)45)29(48)38-22(13-19-8-6-5-7-9-19)30(49)41-26(18(4)44)32(51)39-23(14-42)31(50)36-17(3)27(46)40-24(15-43)33(52)53/h5-9,16-18,20-24,26,42-44H,10-15,34H2,1-4H3,(H2,35,45)(H,36,50)(H,37,47)(H,38,48)(H,39,51)(H,40,46)(H,41,49)(H,52,53)/t17-,18+,20-,21-,22-,23-,24-,26-/m0/s1. The minimum Gasteiger partial charge on any atom is -0.480 e. The van der Waals surface area contributed by atoms with Crippen LogP contribution in [0, 0.1) is 5.92 Å². The summed E-state index contributed by atoms with van der Waals surface area (Å²) in [6.07, 6.45) is -1.78. The second-order valence-electron chi connectivity index (χ2n) is 12.8. The molecule has 20 heteroatoms. The Kier molecular flexibility index (Phi) is 19.6. The zero-order valence-electron chi connectivity index (χ0n) is 30.0. The van der Waals surface area contributed by atoms with Gasteiger partial charge >= 0.3 is 5.97 Å². The van der Waals surface area contributed by atoms with Crippen molar-refractivity contribution < 1.29 is 58.8 Å². The molecule has 296 valence electrons. The molecule has 0 bridgehead atoms. The molecule has 0 aliphatic heterocycles. The molecular formula is C33H52N8O12. The number of aliphatic carboxylic acids is 1. The Balaban J connectivity index is 3.19. The molecule has 0 spiro atoms. The van der Waals surface area contributed by atoms with Crippen LogP contribution >= 0.6 is 0 Å². The lowest BCUT2D eigenvalue weighted by atomic mass is 10.00. The van der Waals surface area contributed by atoms with Crippen molar-refractivity contribution in [2.45, 2.75) is 102 Å². The number of primary amides is 1. The fourth-order valence-corrected chi connectivity index (χ4v) is 4.72. The molecule has 20 nitrogen and oxygen atoms in total. The quantitative estimate of drug-likeness (QED) is 0.0500. The number of rotatable bonds is 23. The molecule has 1 aromatic rings. The average Bonchev–Trinajstić information content (AvgIpc) is 3.09. The number of hydrogen-bond acceptors (Lipinski definition) is 12. The third kappa shape index (κ3) is 16.4. The summed E-state index contributed by atoms with van der Waals surface area (Å²) in [6, 6.07) is -1.73. The van der Waals surface area contributed by atoms with Gasteiger partial charge in [-0.25, -0.2) is 4.79 Å². The van der Waals surface area contributed by atoms with Crippen LogP contribution in [0.15, 0.2) is 30.3 Å². The van der Waals surface area contributed by atoms with Crippen molar-refractivity contribution in [3.05, 3.63) is 35.9 Å². The predicted octanol–water partition coefficient (Wildman–Crippen LogP) is -4.75. The molecule has 0 aliphatic rings. The van der Waals surface area contributed by atoms with Crippen molar-refractivity contribution in [3.63, 3.8) is 0 Å². The van der Waals surface area contributed by atoms with Gasteiger partial charge in [-0.15, -0.1) is 0 Å². The molecule has 1 aromatic carbocycles. The van der Waals surface area contributed by atoms with Gasteiger partial charge in [0.25, 0.3) is 0 Å². The monoisotopic (exact) mass is 752 g/mol. The molecule has 0 fully saturated rings. The van der Waals surface area contributed by atoms with E-state index < -0.39 is 109 Å². The molecule has 8 atom stereocenters. The van der Waals surface area contributed by atoms with E-state index >= 15 is 0 Å². The number of benzene rings is 1. The number of nitrogens with two attached hydrogens (primary N) is 2. The highest BCUT2D eigenvalue weighted by Gasteiger charge is 2.34. The maximum atomic E-state index is 13.7. The maximum Gasteiger partial charge on any atom is 0.328 e. The van der Waals surface area contributed by atoms with E-state index in [0.29, 0.717) is 5.56 Å². The van der Waals surface area contributed by atoms with Crippen LogP contribution in [0.4, 0.5) is 0 Å². The number of hydrogen-bond donors (Lipinski definition) is 12. The molecule has 0 saturated carbocycles. The van der Waals surface area contributed by atoms with Crippen LogP contribution in [-0.4, -0.2) is 129 Å². The highest BCUT2D eigenvalue weighted by molar-refractivity contribution is 5.97. The maximum absolute atomic E-state index is 13.7. The van der Waals surface area contributed by atoms with Crippen LogP contribution in [0.2, 0.25) is 0 Å². The fraction of sp³-hybridized carbons (Fsp3) is 0.576. The lowest BCUT2D eigenvalue weighted by Gasteiger charge is -2.28. The number of carbonyl (C=O) groups excluding carboxylic acids is 7. The summed E-state index contributed by atoms with van der Waals surface area (Å²) in [6.45, 7) is 3.99. The summed E-state index contributed by atoms with van der Waals surface area (Å²) in [7, 11) is 0. The van der Waals surface area contributed by atoms with Crippen molar-refractivity contribution >= 4 is 47.3 Å². The third-order valence-electron chi connectivity index (χ3n) is 7.72. The van der Waals surface area contributed by atoms with Crippen molar-refractivity contribution in [2.75, 3.05) is 13.2 Å². The fourth-order valence-electron chi connectivity index (χ4n) is 4.72. The first kappa shape index (κ1) is 45.8. The highest BCUT2D eigenvalue weighted by atomic mass is 16.4. The van der Waals surface area contributed by atoms with Crippen LogP contribution in [0.5, 0.6) is 0 Å². The van der Waals surface area contributed by atoms with E-state index in [0.717, 1.165) is 6.92 Å². The van der Waals surface area contributed by atoms with Gasteiger partial charge in [0.2, 0.25) is 41.4 Å². The van der Waals surface area contributed by atoms with Gasteiger partial charge in [-0.2, -0.15) is 0 Å². The van der Waals surface area contributed by atoms with E-state index in [9.17, 15) is 48.6 Å². The van der Waals surface area contributed by atoms with Crippen LogP contribution in [-0.2, 0) is 44.8 Å². The summed E-state index contributed by atoms with van der Waals surface area (Å²) in [5, 5.41) is 52.2. The number of carbonyl (C=O) groups is 8. The lowest BCUT2D eigenvalue weighted by molar-refractivity contribution is -0.143. The number of aliphatic hydroxyl groups is 3. The van der Waals surface area contributed by atoms with Gasteiger partial charge in [-0.1, -0.05) is 44.2 Å². The first-order valence-corrected chi connectivity index (χ1v) is 16.8. The summed E-state index contributed by atoms with van der Waals surface area (Å²) in [5.41, 5.74) is 11.6. The van der Waals surface area contributed by atoms with Crippen molar-refractivity contribution in [1.29, 1.82) is 0 Å². The average molecular weight is 753 g/mol. The molecule has 53 heavy (non-hydrogen) atoms. The van der Waals surface area contributed by atoms with Gasteiger partial charge in [0.1, 0.15) is 36.3 Å². The van der Waals surface area contributed by atoms with Gasteiger partial charge in [0.15, 0.2) is 0 Å². The third-order valence-corrected chi connectivity index (χ3v) is 7.72. The second kappa shape index (κ2) is 22.7. The van der Waals surface area contributed by atoms with E-state index in [1.54, 1.807) is 44.2 Å². The highest BCUT2D eigenvalue weighted by Crippen LogP contribution is 2.10. The first-order chi connectivity index (χ1) is 24.8. The zero-order valence-corrected chi connectivity index (χ0v) is 30.0. The number of aliphatic hydroxyl groups excluding tert-OH is 3. The number of carboxylic acid groups (broad SMARTS) is 1. The second-order valence-corrected chi connectivity index (χ2v) is 12.8. The van der Waals surface area contributed by atoms with E-state index in [1.165, 1.54) is 6.92 Å². The Morgan fingerprint density at radius 1 is 0.660 bits per heavy atom. The molecule has 7 amide bonds. The Labute approximate surface area is 306 Å². The minimum absolute atomic E-state index is 0.0655. The molecule has 0 aliphatic carbocycles. The molecule has 14 N–H and O–H groups in total. The number of carboxylic acids is 1. The van der Waals surface area contributed by atoms with Gasteiger partial charge in [0, 0.05) is 12.8 Å². The lowest BCUT2D eigenvalue weighted by Crippen LogP contribution is -2.62. The summed E-state index contributed by atoms with van der Waals surface area (Å²) in [5.74, 6) is -7.97. The molecule has 0 heterocycles. The van der Waals surface area contributed by atoms with E-state index in [2.05, 4.69) is 26.6 Å². The summed E-state index contributed by atoms with van der Waals surface area (Å²) >= 11 is 0.